The molecule has 1 saturated heterocycles. The fraction of sp³-hybridized carbons (Fsp3) is 0.286. The molecule has 0 spiro atoms. The molecule has 1 N–H and O–H groups in total. The third-order valence-corrected chi connectivity index (χ3v) is 5.15. The Labute approximate surface area is 157 Å². The average Bonchev–Trinajstić information content (AvgIpc) is 3.17. The first-order chi connectivity index (χ1) is 13.1. The zero-order valence-corrected chi connectivity index (χ0v) is 15.2. The predicted octanol–water partition coefficient (Wildman–Crippen LogP) is 4.29. The van der Waals surface area contributed by atoms with Gasteiger partial charge in [0.15, 0.2) is 0 Å². The Hall–Kier alpha value is -3.02. The number of hydrogen-bond donors (Lipinski definition) is 1. The van der Waals surface area contributed by atoms with Gasteiger partial charge >= 0.3 is 0 Å². The Bertz CT molecular complexity index is 968. The molecular formula is C21H21FN4O. The summed E-state index contributed by atoms with van der Waals surface area (Å²) in [6.07, 6.45) is 8.20. The van der Waals surface area contributed by atoms with Gasteiger partial charge in [-0.25, -0.2) is 4.39 Å². The molecule has 0 bridgehead atoms. The Balaban J connectivity index is 1.71. The first kappa shape index (κ1) is 17.4. The van der Waals surface area contributed by atoms with E-state index in [2.05, 4.69) is 15.2 Å². The zero-order chi connectivity index (χ0) is 18.8. The predicted molar refractivity (Wildman–Crippen MR) is 101 cm³/mol. The van der Waals surface area contributed by atoms with Crippen LogP contribution >= 0.6 is 0 Å². The van der Waals surface area contributed by atoms with Gasteiger partial charge in [0.2, 0.25) is 0 Å². The number of pyridine rings is 1. The normalized spacial score (nSPS) is 17.1. The lowest BCUT2D eigenvalue weighted by atomic mass is 9.93. The van der Waals surface area contributed by atoms with Crippen LogP contribution in [-0.2, 0) is 0 Å². The highest BCUT2D eigenvalue weighted by Crippen LogP contribution is 2.37. The summed E-state index contributed by atoms with van der Waals surface area (Å²) in [6, 6.07) is 7.74. The van der Waals surface area contributed by atoms with Crippen LogP contribution in [0.15, 0.2) is 48.9 Å². The molecule has 4 rings (SSSR count). The molecule has 3 aromatic rings. The summed E-state index contributed by atoms with van der Waals surface area (Å²) in [5.74, 6) is -0.546. The number of aromatic amines is 1. The number of halogens is 1. The van der Waals surface area contributed by atoms with Crippen molar-refractivity contribution in [3.8, 4) is 11.1 Å². The number of piperidine rings is 1. The van der Waals surface area contributed by atoms with E-state index in [0.29, 0.717) is 12.1 Å². The van der Waals surface area contributed by atoms with E-state index in [0.717, 1.165) is 41.6 Å². The van der Waals surface area contributed by atoms with Gasteiger partial charge in [0.05, 0.1) is 17.9 Å². The van der Waals surface area contributed by atoms with Crippen LogP contribution in [0.2, 0.25) is 0 Å². The SMILES string of the molecule is Cc1cnccc1-c1cn[nH]c1C1CCCCN1C(=O)c1cccc(F)c1. The second kappa shape index (κ2) is 7.31. The van der Waals surface area contributed by atoms with Crippen LogP contribution in [0.1, 0.15) is 46.9 Å². The fourth-order valence-electron chi connectivity index (χ4n) is 3.80. The highest BCUT2D eigenvalue weighted by Gasteiger charge is 2.31. The van der Waals surface area contributed by atoms with Crippen molar-refractivity contribution < 1.29 is 9.18 Å². The van der Waals surface area contributed by atoms with Crippen molar-refractivity contribution >= 4 is 5.91 Å². The summed E-state index contributed by atoms with van der Waals surface area (Å²) in [5.41, 5.74) is 4.40. The van der Waals surface area contributed by atoms with Crippen molar-refractivity contribution in [3.63, 3.8) is 0 Å². The van der Waals surface area contributed by atoms with Crippen LogP contribution in [0.3, 0.4) is 0 Å². The molecule has 1 unspecified atom stereocenters. The largest absolute Gasteiger partial charge is 0.330 e. The van der Waals surface area contributed by atoms with E-state index in [-0.39, 0.29) is 11.9 Å². The Morgan fingerprint density at radius 2 is 2.11 bits per heavy atom. The van der Waals surface area contributed by atoms with E-state index in [1.54, 1.807) is 24.5 Å². The van der Waals surface area contributed by atoms with Gasteiger partial charge in [0.25, 0.3) is 5.91 Å². The molecule has 1 aliphatic rings. The van der Waals surface area contributed by atoms with Crippen LogP contribution in [0.4, 0.5) is 4.39 Å². The maximum atomic E-state index is 13.6. The van der Waals surface area contributed by atoms with Gasteiger partial charge in [-0.05, 0) is 61.6 Å². The summed E-state index contributed by atoms with van der Waals surface area (Å²) >= 11 is 0. The highest BCUT2D eigenvalue weighted by atomic mass is 19.1. The number of likely N-dealkylation sites (tertiary alicyclic amines) is 1. The maximum Gasteiger partial charge on any atom is 0.254 e. The molecule has 27 heavy (non-hydrogen) atoms. The molecule has 1 aliphatic heterocycles. The molecule has 1 aromatic carbocycles. The first-order valence-corrected chi connectivity index (χ1v) is 9.16. The molecule has 1 amide bonds. The van der Waals surface area contributed by atoms with E-state index >= 15 is 0 Å². The number of nitrogens with one attached hydrogen (secondary N) is 1. The van der Waals surface area contributed by atoms with Crippen LogP contribution in [0.25, 0.3) is 11.1 Å². The molecule has 138 valence electrons. The van der Waals surface area contributed by atoms with Gasteiger partial charge < -0.3 is 4.90 Å². The van der Waals surface area contributed by atoms with E-state index in [1.807, 2.05) is 24.1 Å². The number of benzene rings is 1. The van der Waals surface area contributed by atoms with Crippen molar-refractivity contribution in [2.24, 2.45) is 0 Å². The van der Waals surface area contributed by atoms with Gasteiger partial charge in [0, 0.05) is 30.1 Å². The number of carbonyl (C=O) groups excluding carboxylic acids is 1. The van der Waals surface area contributed by atoms with Crippen molar-refractivity contribution in [2.75, 3.05) is 6.54 Å². The third-order valence-electron chi connectivity index (χ3n) is 5.15. The minimum absolute atomic E-state index is 0.111. The third kappa shape index (κ3) is 3.35. The molecule has 5 nitrogen and oxygen atoms in total. The molecule has 0 radical (unpaired) electrons. The molecule has 0 aliphatic carbocycles. The van der Waals surface area contributed by atoms with E-state index in [9.17, 15) is 9.18 Å². The summed E-state index contributed by atoms with van der Waals surface area (Å²) in [5, 5.41) is 7.36. The van der Waals surface area contributed by atoms with Crippen molar-refractivity contribution in [1.82, 2.24) is 20.1 Å². The smallest absolute Gasteiger partial charge is 0.254 e. The number of aromatic nitrogens is 3. The second-order valence-corrected chi connectivity index (χ2v) is 6.91. The Morgan fingerprint density at radius 1 is 1.22 bits per heavy atom. The van der Waals surface area contributed by atoms with Crippen molar-refractivity contribution in [2.45, 2.75) is 32.2 Å². The van der Waals surface area contributed by atoms with Crippen LogP contribution in [0, 0.1) is 12.7 Å². The summed E-state index contributed by atoms with van der Waals surface area (Å²) in [6.45, 7) is 2.66. The number of aryl methyl sites for hydroxylation is 1. The van der Waals surface area contributed by atoms with Crippen molar-refractivity contribution in [3.05, 3.63) is 71.6 Å². The van der Waals surface area contributed by atoms with Gasteiger partial charge in [0.1, 0.15) is 5.82 Å². The summed E-state index contributed by atoms with van der Waals surface area (Å²) in [4.78, 5) is 19.1. The minimum atomic E-state index is -0.399. The lowest BCUT2D eigenvalue weighted by molar-refractivity contribution is 0.0606. The monoisotopic (exact) mass is 364 g/mol. The quantitative estimate of drug-likeness (QED) is 0.754. The van der Waals surface area contributed by atoms with E-state index < -0.39 is 5.82 Å². The maximum absolute atomic E-state index is 13.6. The summed E-state index contributed by atoms with van der Waals surface area (Å²) in [7, 11) is 0. The standard InChI is InChI=1S/C21H21FN4O/c1-14-12-23-9-8-17(14)18-13-24-25-20(18)19-7-2-3-10-26(19)21(27)15-5-4-6-16(22)11-15/h4-6,8-9,11-13,19H,2-3,7,10H2,1H3,(H,24,25). The first-order valence-electron chi connectivity index (χ1n) is 9.16. The molecule has 0 saturated carbocycles. The molecule has 1 atom stereocenters. The number of amides is 1. The van der Waals surface area contributed by atoms with Gasteiger partial charge in [-0.2, -0.15) is 5.10 Å². The Kier molecular flexibility index (Phi) is 4.71. The van der Waals surface area contributed by atoms with Gasteiger partial charge in [-0.1, -0.05) is 6.07 Å². The fourth-order valence-corrected chi connectivity index (χ4v) is 3.80. The lowest BCUT2D eigenvalue weighted by Crippen LogP contribution is -2.39. The number of nitrogens with zero attached hydrogens (tertiary/aromatic N) is 3. The number of carbonyl (C=O) groups is 1. The van der Waals surface area contributed by atoms with Gasteiger partial charge in [-0.15, -0.1) is 0 Å². The van der Waals surface area contributed by atoms with Crippen LogP contribution in [0.5, 0.6) is 0 Å². The van der Waals surface area contributed by atoms with Crippen LogP contribution in [-0.4, -0.2) is 32.5 Å². The van der Waals surface area contributed by atoms with Crippen molar-refractivity contribution in [1.29, 1.82) is 0 Å². The lowest BCUT2D eigenvalue weighted by Gasteiger charge is -2.36. The minimum Gasteiger partial charge on any atom is -0.330 e. The Morgan fingerprint density at radius 3 is 2.93 bits per heavy atom. The number of H-pyrrole nitrogens is 1. The average molecular weight is 364 g/mol. The topological polar surface area (TPSA) is 61.9 Å². The van der Waals surface area contributed by atoms with E-state index in [1.165, 1.54) is 12.1 Å². The second-order valence-electron chi connectivity index (χ2n) is 6.91. The summed E-state index contributed by atoms with van der Waals surface area (Å²) < 4.78 is 13.6. The zero-order valence-electron chi connectivity index (χ0n) is 15.2. The molecular weight excluding hydrogens is 343 g/mol. The number of hydrogen-bond acceptors (Lipinski definition) is 3. The van der Waals surface area contributed by atoms with E-state index in [4.69, 9.17) is 0 Å². The highest BCUT2D eigenvalue weighted by molar-refractivity contribution is 5.94. The molecule has 2 aromatic heterocycles. The molecule has 6 heteroatoms. The van der Waals surface area contributed by atoms with Crippen LogP contribution < -0.4 is 0 Å². The number of rotatable bonds is 3. The molecule has 3 heterocycles. The van der Waals surface area contributed by atoms with Gasteiger partial charge in [-0.3, -0.25) is 14.9 Å². The molecule has 1 fully saturated rings.